The lowest BCUT2D eigenvalue weighted by Crippen LogP contribution is -1.99. The minimum absolute atomic E-state index is 0.0259. The molecule has 0 aliphatic heterocycles. The van der Waals surface area contributed by atoms with E-state index in [0.29, 0.717) is 0 Å². The van der Waals surface area contributed by atoms with Crippen molar-refractivity contribution in [3.05, 3.63) is 65.2 Å². The maximum Gasteiger partial charge on any atom is 0.122 e. The van der Waals surface area contributed by atoms with Gasteiger partial charge in [-0.2, -0.15) is 0 Å². The molecule has 2 aromatic rings. The van der Waals surface area contributed by atoms with Crippen LogP contribution in [0.25, 0.3) is 0 Å². The van der Waals surface area contributed by atoms with Crippen molar-refractivity contribution in [3.63, 3.8) is 0 Å². The van der Waals surface area contributed by atoms with E-state index in [2.05, 4.69) is 37.3 Å². The van der Waals surface area contributed by atoms with Gasteiger partial charge in [-0.05, 0) is 35.6 Å². The van der Waals surface area contributed by atoms with Gasteiger partial charge in [-0.3, -0.25) is 0 Å². The summed E-state index contributed by atoms with van der Waals surface area (Å²) in [5.74, 6) is 0.903. The van der Waals surface area contributed by atoms with Gasteiger partial charge < -0.3 is 4.74 Å². The first-order valence-corrected chi connectivity index (χ1v) is 7.53. The molecule has 0 heterocycles. The molecule has 2 aromatic carbocycles. The van der Waals surface area contributed by atoms with Crippen molar-refractivity contribution in [1.82, 2.24) is 0 Å². The van der Waals surface area contributed by atoms with Crippen LogP contribution in [0.3, 0.4) is 0 Å². The zero-order valence-electron chi connectivity index (χ0n) is 12.1. The maximum atomic E-state index is 6.54. The van der Waals surface area contributed by atoms with E-state index in [1.807, 2.05) is 18.2 Å². The summed E-state index contributed by atoms with van der Waals surface area (Å²) in [7, 11) is 1.70. The molecular formula is C18H21ClO. The molecule has 20 heavy (non-hydrogen) atoms. The maximum absolute atomic E-state index is 6.54. The summed E-state index contributed by atoms with van der Waals surface area (Å²) in [4.78, 5) is 0. The van der Waals surface area contributed by atoms with Gasteiger partial charge in [-0.25, -0.2) is 0 Å². The minimum atomic E-state index is -0.0259. The first-order valence-electron chi connectivity index (χ1n) is 7.09. The van der Waals surface area contributed by atoms with Gasteiger partial charge in [0.25, 0.3) is 0 Å². The van der Waals surface area contributed by atoms with E-state index in [-0.39, 0.29) is 5.38 Å². The molecule has 0 aliphatic rings. The molecular weight excluding hydrogens is 268 g/mol. The van der Waals surface area contributed by atoms with Crippen LogP contribution in [0.1, 0.15) is 35.4 Å². The highest BCUT2D eigenvalue weighted by Crippen LogP contribution is 2.29. The lowest BCUT2D eigenvalue weighted by Gasteiger charge is -2.13. The Morgan fingerprint density at radius 2 is 1.75 bits per heavy atom. The van der Waals surface area contributed by atoms with E-state index in [0.717, 1.165) is 29.7 Å². The zero-order valence-corrected chi connectivity index (χ0v) is 12.9. The molecule has 1 atom stereocenters. The third-order valence-corrected chi connectivity index (χ3v) is 3.88. The van der Waals surface area contributed by atoms with Gasteiger partial charge in [0.1, 0.15) is 5.75 Å². The van der Waals surface area contributed by atoms with Crippen molar-refractivity contribution >= 4 is 11.6 Å². The lowest BCUT2D eigenvalue weighted by molar-refractivity contribution is 0.409. The summed E-state index contributed by atoms with van der Waals surface area (Å²) in [6.45, 7) is 2.19. The largest absolute Gasteiger partial charge is 0.496 e. The summed E-state index contributed by atoms with van der Waals surface area (Å²) in [6.07, 6.45) is 3.07. The van der Waals surface area contributed by atoms with Crippen LogP contribution < -0.4 is 4.74 Å². The van der Waals surface area contributed by atoms with Crippen LogP contribution in [-0.2, 0) is 12.8 Å². The van der Waals surface area contributed by atoms with Crippen LogP contribution in [-0.4, -0.2) is 7.11 Å². The van der Waals surface area contributed by atoms with E-state index in [4.69, 9.17) is 16.3 Å². The smallest absolute Gasteiger partial charge is 0.122 e. The van der Waals surface area contributed by atoms with Gasteiger partial charge in [0.05, 0.1) is 12.5 Å². The first-order chi connectivity index (χ1) is 9.74. The number of aryl methyl sites for hydroxylation is 1. The molecule has 0 aromatic heterocycles. The van der Waals surface area contributed by atoms with Gasteiger partial charge >= 0.3 is 0 Å². The van der Waals surface area contributed by atoms with Gasteiger partial charge in [0.15, 0.2) is 0 Å². The zero-order chi connectivity index (χ0) is 14.4. The molecule has 106 valence electrons. The highest BCUT2D eigenvalue weighted by atomic mass is 35.5. The van der Waals surface area contributed by atoms with E-state index in [1.165, 1.54) is 12.0 Å². The fourth-order valence-corrected chi connectivity index (χ4v) is 2.68. The summed E-state index contributed by atoms with van der Waals surface area (Å²) >= 11 is 6.54. The number of rotatable bonds is 6. The molecule has 2 rings (SSSR count). The summed E-state index contributed by atoms with van der Waals surface area (Å²) in [5.41, 5.74) is 3.68. The fraction of sp³-hybridized carbons (Fsp3) is 0.333. The quantitative estimate of drug-likeness (QED) is 0.666. The summed E-state index contributed by atoms with van der Waals surface area (Å²) in [5, 5.41) is -0.0259. The van der Waals surface area contributed by atoms with Crippen LogP contribution in [0.2, 0.25) is 0 Å². The Bertz CT molecular complexity index is 533. The Balaban J connectivity index is 2.09. The van der Waals surface area contributed by atoms with E-state index >= 15 is 0 Å². The number of benzene rings is 2. The molecule has 0 saturated carbocycles. The van der Waals surface area contributed by atoms with Crippen molar-refractivity contribution in [1.29, 1.82) is 0 Å². The molecule has 0 aliphatic carbocycles. The van der Waals surface area contributed by atoms with E-state index in [1.54, 1.807) is 7.11 Å². The Hall–Kier alpha value is -1.47. The second kappa shape index (κ2) is 7.35. The van der Waals surface area contributed by atoms with Gasteiger partial charge in [-0.15, -0.1) is 11.6 Å². The third kappa shape index (κ3) is 3.77. The molecule has 1 nitrogen and oxygen atoms in total. The molecule has 0 bridgehead atoms. The highest BCUT2D eigenvalue weighted by molar-refractivity contribution is 6.20. The normalized spacial score (nSPS) is 12.2. The number of hydrogen-bond donors (Lipinski definition) is 0. The fourth-order valence-electron chi connectivity index (χ4n) is 2.36. The number of halogens is 1. The van der Waals surface area contributed by atoms with Crippen LogP contribution >= 0.6 is 11.6 Å². The Morgan fingerprint density at radius 1 is 1.05 bits per heavy atom. The number of alkyl halides is 1. The summed E-state index contributed by atoms with van der Waals surface area (Å²) in [6, 6.07) is 16.7. The van der Waals surface area contributed by atoms with Crippen LogP contribution in [0.4, 0.5) is 0 Å². The van der Waals surface area contributed by atoms with Crippen LogP contribution in [0.5, 0.6) is 5.75 Å². The van der Waals surface area contributed by atoms with Crippen LogP contribution in [0.15, 0.2) is 48.5 Å². The second-order valence-corrected chi connectivity index (χ2v) is 5.50. The van der Waals surface area contributed by atoms with Crippen LogP contribution in [0, 0.1) is 0 Å². The number of para-hydroxylation sites is 1. The molecule has 1 unspecified atom stereocenters. The molecule has 0 radical (unpaired) electrons. The van der Waals surface area contributed by atoms with Gasteiger partial charge in [0, 0.05) is 0 Å². The molecule has 2 heteroatoms. The second-order valence-electron chi connectivity index (χ2n) is 4.98. The SMILES string of the molecule is CCCc1ccc(C(Cl)Cc2ccccc2OC)cc1. The molecule has 0 N–H and O–H groups in total. The monoisotopic (exact) mass is 288 g/mol. The van der Waals surface area contributed by atoms with E-state index < -0.39 is 0 Å². The predicted molar refractivity (Wildman–Crippen MR) is 85.7 cm³/mol. The van der Waals surface area contributed by atoms with Crippen molar-refractivity contribution in [2.24, 2.45) is 0 Å². The molecule has 0 saturated heterocycles. The lowest BCUT2D eigenvalue weighted by atomic mass is 10.0. The van der Waals surface area contributed by atoms with Gasteiger partial charge in [-0.1, -0.05) is 55.8 Å². The van der Waals surface area contributed by atoms with E-state index in [9.17, 15) is 0 Å². The Labute approximate surface area is 126 Å². The third-order valence-electron chi connectivity index (χ3n) is 3.47. The van der Waals surface area contributed by atoms with Crippen molar-refractivity contribution < 1.29 is 4.74 Å². The van der Waals surface area contributed by atoms with Crippen molar-refractivity contribution in [2.75, 3.05) is 7.11 Å². The average molecular weight is 289 g/mol. The average Bonchev–Trinajstić information content (AvgIpc) is 2.49. The highest BCUT2D eigenvalue weighted by Gasteiger charge is 2.11. The molecule has 0 spiro atoms. The minimum Gasteiger partial charge on any atom is -0.496 e. The first kappa shape index (κ1) is 14.9. The molecule has 0 amide bonds. The number of hydrogen-bond acceptors (Lipinski definition) is 1. The van der Waals surface area contributed by atoms with Gasteiger partial charge in [0.2, 0.25) is 0 Å². The number of methoxy groups -OCH3 is 1. The Kier molecular flexibility index (Phi) is 5.49. The Morgan fingerprint density at radius 3 is 2.40 bits per heavy atom. The predicted octanol–water partition coefficient (Wildman–Crippen LogP) is 5.17. The standard InChI is InChI=1S/C18H21ClO/c1-3-6-14-9-11-15(12-10-14)17(19)13-16-7-4-5-8-18(16)20-2/h4-5,7-12,17H,3,6,13H2,1-2H3. The van der Waals surface area contributed by atoms with Crippen molar-refractivity contribution in [3.8, 4) is 5.75 Å². The summed E-state index contributed by atoms with van der Waals surface area (Å²) < 4.78 is 5.37. The number of ether oxygens (including phenoxy) is 1. The topological polar surface area (TPSA) is 9.23 Å². The van der Waals surface area contributed by atoms with Crippen molar-refractivity contribution in [2.45, 2.75) is 31.6 Å². The molecule has 0 fully saturated rings.